The predicted octanol–water partition coefficient (Wildman–Crippen LogP) is 7.68. The number of ether oxygens (including phenoxy) is 2. The lowest BCUT2D eigenvalue weighted by Gasteiger charge is -2.14. The summed E-state index contributed by atoms with van der Waals surface area (Å²) in [7, 11) is 0. The van der Waals surface area contributed by atoms with Crippen molar-refractivity contribution in [3.63, 3.8) is 0 Å². The first-order valence-electron chi connectivity index (χ1n) is 10.6. The van der Waals surface area contributed by atoms with Gasteiger partial charge in [-0.2, -0.15) is 0 Å². The van der Waals surface area contributed by atoms with Crippen LogP contribution >= 0.6 is 0 Å². The van der Waals surface area contributed by atoms with Crippen molar-refractivity contribution in [3.05, 3.63) is 72.3 Å². The first-order valence-corrected chi connectivity index (χ1v) is 10.6. The van der Waals surface area contributed by atoms with E-state index in [-0.39, 0.29) is 12.2 Å². The number of hydrogen-bond acceptors (Lipinski definition) is 2. The van der Waals surface area contributed by atoms with E-state index in [9.17, 15) is 0 Å². The monoisotopic (exact) mass is 388 g/mol. The first-order chi connectivity index (χ1) is 14.0. The van der Waals surface area contributed by atoms with Gasteiger partial charge in [-0.3, -0.25) is 0 Å². The molecule has 0 fully saturated rings. The summed E-state index contributed by atoms with van der Waals surface area (Å²) in [6.45, 7) is 10.6. The quantitative estimate of drug-likeness (QED) is 0.394. The second-order valence-corrected chi connectivity index (χ2v) is 7.75. The fourth-order valence-electron chi connectivity index (χ4n) is 3.24. The van der Waals surface area contributed by atoms with Crippen LogP contribution in [0.5, 0.6) is 11.5 Å². The first kappa shape index (κ1) is 21.0. The van der Waals surface area contributed by atoms with E-state index in [1.54, 1.807) is 0 Å². The van der Waals surface area contributed by atoms with Crippen molar-refractivity contribution >= 4 is 0 Å². The van der Waals surface area contributed by atoms with Crippen LogP contribution in [0.2, 0.25) is 0 Å². The molecule has 0 amide bonds. The zero-order valence-electron chi connectivity index (χ0n) is 18.2. The fourth-order valence-corrected chi connectivity index (χ4v) is 3.24. The van der Waals surface area contributed by atoms with E-state index in [0.717, 1.165) is 24.3 Å². The van der Waals surface area contributed by atoms with Gasteiger partial charge in [0.25, 0.3) is 0 Å². The molecule has 2 atom stereocenters. The van der Waals surface area contributed by atoms with Gasteiger partial charge < -0.3 is 9.47 Å². The predicted molar refractivity (Wildman–Crippen MR) is 123 cm³/mol. The Morgan fingerprint density at radius 3 is 1.52 bits per heavy atom. The van der Waals surface area contributed by atoms with Crippen molar-refractivity contribution in [1.82, 2.24) is 0 Å². The van der Waals surface area contributed by atoms with Crippen LogP contribution in [0, 0.1) is 6.92 Å². The average Bonchev–Trinajstić information content (AvgIpc) is 2.74. The highest BCUT2D eigenvalue weighted by atomic mass is 16.5. The normalized spacial score (nSPS) is 13.0. The average molecular weight is 389 g/mol. The summed E-state index contributed by atoms with van der Waals surface area (Å²) in [5.74, 6) is 1.85. The van der Waals surface area contributed by atoms with Crippen molar-refractivity contribution in [1.29, 1.82) is 0 Å². The van der Waals surface area contributed by atoms with Crippen LogP contribution in [-0.2, 0) is 0 Å². The third-order valence-electron chi connectivity index (χ3n) is 5.40. The molecule has 0 N–H and O–H groups in total. The second kappa shape index (κ2) is 9.65. The molecular formula is C27H32O2. The molecule has 3 rings (SSSR count). The van der Waals surface area contributed by atoms with E-state index in [2.05, 4.69) is 101 Å². The fraction of sp³-hybridized carbons (Fsp3) is 0.333. The minimum atomic E-state index is 0.240. The summed E-state index contributed by atoms with van der Waals surface area (Å²) in [6, 6.07) is 23.4. The minimum absolute atomic E-state index is 0.240. The zero-order valence-corrected chi connectivity index (χ0v) is 18.2. The molecule has 3 aromatic carbocycles. The van der Waals surface area contributed by atoms with Gasteiger partial charge in [0, 0.05) is 0 Å². The van der Waals surface area contributed by atoms with Crippen LogP contribution in [0.1, 0.15) is 46.1 Å². The largest absolute Gasteiger partial charge is 0.491 e. The van der Waals surface area contributed by atoms with E-state index in [4.69, 9.17) is 9.47 Å². The van der Waals surface area contributed by atoms with Gasteiger partial charge in [-0.25, -0.2) is 0 Å². The minimum Gasteiger partial charge on any atom is -0.491 e. The standard InChI is InChI=1S/C27H32O2/c1-6-20(4)28-25-13-8-22(9-14-25)24-12-17-27(19(3)18-24)23-10-15-26(16-11-23)29-21(5)7-2/h8-18,20-21H,6-7H2,1-5H3/t20-,21+/m1/s1. The molecule has 2 nitrogen and oxygen atoms in total. The molecule has 0 aromatic heterocycles. The molecule has 0 aliphatic carbocycles. The highest BCUT2D eigenvalue weighted by Gasteiger charge is 2.07. The molecule has 0 bridgehead atoms. The molecule has 29 heavy (non-hydrogen) atoms. The summed E-state index contributed by atoms with van der Waals surface area (Å²) >= 11 is 0. The Bertz CT molecular complexity index is 910. The van der Waals surface area contributed by atoms with Gasteiger partial charge in [-0.1, -0.05) is 56.3 Å². The van der Waals surface area contributed by atoms with Gasteiger partial charge in [0.05, 0.1) is 12.2 Å². The third-order valence-corrected chi connectivity index (χ3v) is 5.40. The Labute approximate surface area is 175 Å². The van der Waals surface area contributed by atoms with Crippen molar-refractivity contribution in [3.8, 4) is 33.8 Å². The van der Waals surface area contributed by atoms with Crippen LogP contribution in [-0.4, -0.2) is 12.2 Å². The summed E-state index contributed by atoms with van der Waals surface area (Å²) in [5.41, 5.74) is 6.15. The lowest BCUT2D eigenvalue weighted by molar-refractivity contribution is 0.217. The molecule has 0 saturated carbocycles. The van der Waals surface area contributed by atoms with Crippen LogP contribution in [0.4, 0.5) is 0 Å². The maximum atomic E-state index is 5.89. The van der Waals surface area contributed by atoms with Crippen molar-refractivity contribution < 1.29 is 9.47 Å². The summed E-state index contributed by atoms with van der Waals surface area (Å²) in [6.07, 6.45) is 2.49. The smallest absolute Gasteiger partial charge is 0.119 e. The van der Waals surface area contributed by atoms with E-state index in [1.807, 2.05) is 0 Å². The van der Waals surface area contributed by atoms with E-state index < -0.39 is 0 Å². The number of rotatable bonds is 8. The van der Waals surface area contributed by atoms with Crippen molar-refractivity contribution in [2.75, 3.05) is 0 Å². The zero-order chi connectivity index (χ0) is 20.8. The van der Waals surface area contributed by atoms with Gasteiger partial charge in [0.2, 0.25) is 0 Å². The summed E-state index contributed by atoms with van der Waals surface area (Å²) in [4.78, 5) is 0. The molecular weight excluding hydrogens is 356 g/mol. The highest BCUT2D eigenvalue weighted by molar-refractivity contribution is 5.74. The number of benzene rings is 3. The lowest BCUT2D eigenvalue weighted by Crippen LogP contribution is -2.09. The SMILES string of the molecule is CC[C@@H](C)Oc1ccc(-c2ccc(-c3ccc(O[C@@H](C)CC)cc3)c(C)c2)cc1. The highest BCUT2D eigenvalue weighted by Crippen LogP contribution is 2.30. The molecule has 0 radical (unpaired) electrons. The Balaban J connectivity index is 1.76. The maximum absolute atomic E-state index is 5.89. The molecule has 0 unspecified atom stereocenters. The molecule has 0 aliphatic heterocycles. The second-order valence-electron chi connectivity index (χ2n) is 7.75. The van der Waals surface area contributed by atoms with Gasteiger partial charge in [-0.05, 0) is 85.7 Å². The topological polar surface area (TPSA) is 18.5 Å². The van der Waals surface area contributed by atoms with Crippen molar-refractivity contribution in [2.45, 2.75) is 59.7 Å². The summed E-state index contributed by atoms with van der Waals surface area (Å²) in [5, 5.41) is 0. The molecule has 2 heteroatoms. The number of hydrogen-bond donors (Lipinski definition) is 0. The van der Waals surface area contributed by atoms with Crippen LogP contribution in [0.15, 0.2) is 66.7 Å². The van der Waals surface area contributed by atoms with Crippen LogP contribution in [0.3, 0.4) is 0 Å². The molecule has 0 saturated heterocycles. The summed E-state index contributed by atoms with van der Waals surface area (Å²) < 4.78 is 11.8. The van der Waals surface area contributed by atoms with Crippen LogP contribution in [0.25, 0.3) is 22.3 Å². The Kier molecular flexibility index (Phi) is 6.98. The maximum Gasteiger partial charge on any atom is 0.119 e. The Morgan fingerprint density at radius 2 is 1.07 bits per heavy atom. The Morgan fingerprint density at radius 1 is 0.621 bits per heavy atom. The third kappa shape index (κ3) is 5.41. The molecule has 0 heterocycles. The molecule has 3 aromatic rings. The van der Waals surface area contributed by atoms with Gasteiger partial charge >= 0.3 is 0 Å². The molecule has 0 aliphatic rings. The van der Waals surface area contributed by atoms with Gasteiger partial charge in [-0.15, -0.1) is 0 Å². The van der Waals surface area contributed by atoms with Gasteiger partial charge in [0.1, 0.15) is 11.5 Å². The number of aryl methyl sites for hydroxylation is 1. The van der Waals surface area contributed by atoms with E-state index in [1.165, 1.54) is 27.8 Å². The van der Waals surface area contributed by atoms with Crippen molar-refractivity contribution in [2.24, 2.45) is 0 Å². The Hall–Kier alpha value is -2.74. The van der Waals surface area contributed by atoms with Gasteiger partial charge in [0.15, 0.2) is 0 Å². The van der Waals surface area contributed by atoms with E-state index in [0.29, 0.717) is 0 Å². The molecule has 152 valence electrons. The molecule has 0 spiro atoms. The van der Waals surface area contributed by atoms with Crippen LogP contribution < -0.4 is 9.47 Å². The van der Waals surface area contributed by atoms with E-state index >= 15 is 0 Å². The lowest BCUT2D eigenvalue weighted by atomic mass is 9.95.